The molecule has 0 amide bonds. The van der Waals surface area contributed by atoms with Gasteiger partial charge in [0.25, 0.3) is 0 Å². The highest BCUT2D eigenvalue weighted by Crippen LogP contribution is 2.25. The first-order valence-electron chi connectivity index (χ1n) is 7.94. The zero-order valence-electron chi connectivity index (χ0n) is 14.5. The molecule has 1 aromatic carbocycles. The average Bonchev–Trinajstić information content (AvgIpc) is 2.52. The van der Waals surface area contributed by atoms with E-state index in [1.54, 1.807) is 6.20 Å². The zero-order valence-corrected chi connectivity index (χ0v) is 17.1. The molecule has 0 aliphatic heterocycles. The number of halogens is 1. The molecule has 2 N–H and O–H groups in total. The van der Waals surface area contributed by atoms with E-state index in [0.717, 1.165) is 29.3 Å². The SMILES string of the molecule is C[Si](C)(C)CCc1cnc(Cl)nc1Nc1ccccc1CNS(=O)[O-]. The molecular formula is C16H22ClN4O2SSi-. The van der Waals surface area contributed by atoms with Gasteiger partial charge in [0.2, 0.25) is 5.28 Å². The molecule has 0 aliphatic carbocycles. The number of hydrogen-bond donors (Lipinski definition) is 2. The first-order chi connectivity index (χ1) is 11.7. The first kappa shape index (κ1) is 20.0. The van der Waals surface area contributed by atoms with E-state index >= 15 is 0 Å². The van der Waals surface area contributed by atoms with Crippen molar-refractivity contribution in [2.75, 3.05) is 5.32 Å². The predicted molar refractivity (Wildman–Crippen MR) is 104 cm³/mol. The average molecular weight is 398 g/mol. The fourth-order valence-electron chi connectivity index (χ4n) is 2.25. The second-order valence-electron chi connectivity index (χ2n) is 6.91. The van der Waals surface area contributed by atoms with E-state index in [-0.39, 0.29) is 11.8 Å². The molecule has 1 unspecified atom stereocenters. The molecule has 9 heteroatoms. The lowest BCUT2D eigenvalue weighted by molar-refractivity contribution is 0.522. The summed E-state index contributed by atoms with van der Waals surface area (Å²) in [5.74, 6) is 0.661. The van der Waals surface area contributed by atoms with E-state index < -0.39 is 19.3 Å². The maximum atomic E-state index is 10.8. The second-order valence-corrected chi connectivity index (χ2v) is 13.6. The maximum absolute atomic E-state index is 10.8. The quantitative estimate of drug-likeness (QED) is 0.403. The Bertz CT molecular complexity index is 755. The van der Waals surface area contributed by atoms with E-state index in [0.29, 0.717) is 5.82 Å². The van der Waals surface area contributed by atoms with Crippen LogP contribution in [0.3, 0.4) is 0 Å². The number of nitrogens with zero attached hydrogens (tertiary/aromatic N) is 2. The highest BCUT2D eigenvalue weighted by Gasteiger charge is 2.16. The molecule has 0 radical (unpaired) electrons. The molecule has 0 saturated carbocycles. The minimum absolute atomic E-state index is 0.176. The molecular weight excluding hydrogens is 376 g/mol. The van der Waals surface area contributed by atoms with Crippen molar-refractivity contribution in [3.05, 3.63) is 46.9 Å². The van der Waals surface area contributed by atoms with Crippen molar-refractivity contribution in [1.29, 1.82) is 0 Å². The standard InChI is InChI=1S/C16H23ClN4O2SSi/c1-25(2,3)9-8-13-10-18-16(17)21-15(13)20-14-7-5-4-6-12(14)11-19-24(22)23/h4-7,10,19H,8-9,11H2,1-3H3,(H,22,23)(H,18,20,21)/p-1. The van der Waals surface area contributed by atoms with Gasteiger partial charge in [0.15, 0.2) is 0 Å². The van der Waals surface area contributed by atoms with E-state index in [1.165, 1.54) is 0 Å². The Labute approximate surface area is 156 Å². The van der Waals surface area contributed by atoms with Crippen LogP contribution in [-0.2, 0) is 24.2 Å². The van der Waals surface area contributed by atoms with E-state index in [4.69, 9.17) is 11.6 Å². The zero-order chi connectivity index (χ0) is 18.4. The molecule has 1 aromatic heterocycles. The Morgan fingerprint density at radius 1 is 1.24 bits per heavy atom. The van der Waals surface area contributed by atoms with Crippen molar-refractivity contribution < 1.29 is 8.76 Å². The van der Waals surface area contributed by atoms with Crippen LogP contribution in [0.25, 0.3) is 0 Å². The van der Waals surface area contributed by atoms with Crippen molar-refractivity contribution >= 4 is 42.4 Å². The molecule has 0 saturated heterocycles. The number of aromatic nitrogens is 2. The summed E-state index contributed by atoms with van der Waals surface area (Å²) in [6.07, 6.45) is 2.63. The van der Waals surface area contributed by atoms with Gasteiger partial charge in [0, 0.05) is 43.3 Å². The Hall–Kier alpha value is -1.32. The summed E-state index contributed by atoms with van der Waals surface area (Å²) in [7, 11) is -1.20. The lowest BCUT2D eigenvalue weighted by atomic mass is 10.1. The summed E-state index contributed by atoms with van der Waals surface area (Å²) >= 11 is 3.66. The van der Waals surface area contributed by atoms with Crippen LogP contribution in [0.1, 0.15) is 11.1 Å². The number of para-hydroxylation sites is 1. The predicted octanol–water partition coefficient (Wildman–Crippen LogP) is 3.64. The highest BCUT2D eigenvalue weighted by molar-refractivity contribution is 7.77. The lowest BCUT2D eigenvalue weighted by Crippen LogP contribution is -2.20. The van der Waals surface area contributed by atoms with E-state index in [9.17, 15) is 8.76 Å². The van der Waals surface area contributed by atoms with Crippen molar-refractivity contribution in [1.82, 2.24) is 14.7 Å². The van der Waals surface area contributed by atoms with Crippen LogP contribution in [0.4, 0.5) is 11.5 Å². The minimum atomic E-state index is -2.31. The molecule has 2 aromatic rings. The van der Waals surface area contributed by atoms with E-state index in [2.05, 4.69) is 39.6 Å². The molecule has 0 aliphatic rings. The van der Waals surface area contributed by atoms with Crippen LogP contribution in [-0.4, -0.2) is 26.8 Å². The van der Waals surface area contributed by atoms with Crippen molar-refractivity contribution in [3.63, 3.8) is 0 Å². The molecule has 1 atom stereocenters. The van der Waals surface area contributed by atoms with Crippen molar-refractivity contribution in [2.24, 2.45) is 0 Å². The van der Waals surface area contributed by atoms with Gasteiger partial charge in [-0.1, -0.05) is 43.9 Å². The smallest absolute Gasteiger partial charge is 0.224 e. The third kappa shape index (κ3) is 6.83. The molecule has 0 fully saturated rings. The van der Waals surface area contributed by atoms with Gasteiger partial charge in [0.05, 0.1) is 0 Å². The Morgan fingerprint density at radius 3 is 2.64 bits per heavy atom. The van der Waals surface area contributed by atoms with Crippen LogP contribution < -0.4 is 10.0 Å². The fraction of sp³-hybridized carbons (Fsp3) is 0.375. The number of rotatable bonds is 8. The van der Waals surface area contributed by atoms with Crippen LogP contribution in [0.5, 0.6) is 0 Å². The largest absolute Gasteiger partial charge is 0.760 e. The van der Waals surface area contributed by atoms with Crippen LogP contribution in [0.2, 0.25) is 31.0 Å². The fourth-order valence-corrected chi connectivity index (χ4v) is 3.67. The maximum Gasteiger partial charge on any atom is 0.224 e. The number of hydrogen-bond acceptors (Lipinski definition) is 5. The van der Waals surface area contributed by atoms with Crippen LogP contribution in [0.15, 0.2) is 30.5 Å². The van der Waals surface area contributed by atoms with Gasteiger partial charge in [-0.3, -0.25) is 4.21 Å². The third-order valence-electron chi connectivity index (χ3n) is 3.63. The summed E-state index contributed by atoms with van der Waals surface area (Å²) < 4.78 is 23.9. The number of anilines is 2. The lowest BCUT2D eigenvalue weighted by Gasteiger charge is -2.18. The molecule has 25 heavy (non-hydrogen) atoms. The van der Waals surface area contributed by atoms with Gasteiger partial charge in [-0.2, -0.15) is 0 Å². The summed E-state index contributed by atoms with van der Waals surface area (Å²) in [5, 5.41) is 3.46. The molecule has 1 heterocycles. The van der Waals surface area contributed by atoms with Gasteiger partial charge >= 0.3 is 0 Å². The Kier molecular flexibility index (Phi) is 7.09. The molecule has 6 nitrogen and oxygen atoms in total. The molecule has 0 bridgehead atoms. The van der Waals surface area contributed by atoms with Gasteiger partial charge in [-0.25, -0.2) is 14.7 Å². The van der Waals surface area contributed by atoms with Crippen molar-refractivity contribution in [3.8, 4) is 0 Å². The second kappa shape index (κ2) is 8.86. The third-order valence-corrected chi connectivity index (χ3v) is 5.94. The first-order valence-corrected chi connectivity index (χ1v) is 13.1. The van der Waals surface area contributed by atoms with Crippen LogP contribution >= 0.6 is 11.6 Å². The Morgan fingerprint density at radius 2 is 1.96 bits per heavy atom. The van der Waals surface area contributed by atoms with Gasteiger partial charge < -0.3 is 9.87 Å². The summed E-state index contributed by atoms with van der Waals surface area (Å²) in [4.78, 5) is 8.42. The normalized spacial score (nSPS) is 12.8. The van der Waals surface area contributed by atoms with Crippen molar-refractivity contribution in [2.45, 2.75) is 38.7 Å². The number of benzene rings is 1. The van der Waals surface area contributed by atoms with Gasteiger partial charge in [-0.05, 0) is 29.7 Å². The highest BCUT2D eigenvalue weighted by atomic mass is 35.5. The van der Waals surface area contributed by atoms with Gasteiger partial charge in [0.1, 0.15) is 5.82 Å². The molecule has 0 spiro atoms. The minimum Gasteiger partial charge on any atom is -0.760 e. The van der Waals surface area contributed by atoms with Crippen LogP contribution in [0, 0.1) is 0 Å². The van der Waals surface area contributed by atoms with E-state index in [1.807, 2.05) is 24.3 Å². The number of nitrogens with one attached hydrogen (secondary N) is 2. The topological polar surface area (TPSA) is 90.0 Å². The number of aryl methyl sites for hydroxylation is 1. The summed E-state index contributed by atoms with van der Waals surface area (Å²) in [5.41, 5.74) is 2.60. The summed E-state index contributed by atoms with van der Waals surface area (Å²) in [6, 6.07) is 8.58. The molecule has 136 valence electrons. The molecule has 2 rings (SSSR count). The van der Waals surface area contributed by atoms with Gasteiger partial charge in [-0.15, -0.1) is 0 Å². The Balaban J connectivity index is 2.24. The summed E-state index contributed by atoms with van der Waals surface area (Å²) in [6.45, 7) is 7.16. The monoisotopic (exact) mass is 397 g/mol.